The number of carbonyl (C=O) groups excluding carboxylic acids is 1. The minimum atomic E-state index is -0.412. The smallest absolute Gasteiger partial charge is 0.341 e. The average molecular weight is 481 g/mol. The second-order valence-electron chi connectivity index (χ2n) is 7.15. The minimum absolute atomic E-state index is 0. The summed E-state index contributed by atoms with van der Waals surface area (Å²) in [6, 6.07) is 15.2. The van der Waals surface area contributed by atoms with Crippen LogP contribution in [0.4, 0.5) is 5.82 Å². The van der Waals surface area contributed by atoms with Crippen LogP contribution in [0.15, 0.2) is 60.1 Å². The van der Waals surface area contributed by atoms with E-state index in [1.165, 1.54) is 17.5 Å². The standard InChI is InChI=1S/C25H24N2O5S.CH4/c1-3-30-25(28)21-12-27-24(26)22-17(15-33-23(21)22)14-32-20-9-5-8-19(11-20)31-13-16-6-4-7-18(10-16)29-2;/h4-12,15H,3,13-14H2,1-2H3,(H2,26,27);1H4. The van der Waals surface area contributed by atoms with Crippen LogP contribution in [0.3, 0.4) is 0 Å². The fourth-order valence-corrected chi connectivity index (χ4v) is 4.40. The van der Waals surface area contributed by atoms with E-state index in [4.69, 9.17) is 24.7 Å². The second kappa shape index (κ2) is 11.4. The summed E-state index contributed by atoms with van der Waals surface area (Å²) in [7, 11) is 1.64. The molecular weight excluding hydrogens is 452 g/mol. The summed E-state index contributed by atoms with van der Waals surface area (Å²) < 4.78 is 23.0. The first-order valence-corrected chi connectivity index (χ1v) is 11.3. The molecule has 7 nitrogen and oxygen atoms in total. The first kappa shape index (κ1) is 24.9. The van der Waals surface area contributed by atoms with Gasteiger partial charge in [-0.1, -0.05) is 25.6 Å². The summed E-state index contributed by atoms with van der Waals surface area (Å²) in [6.45, 7) is 2.75. The third-order valence-electron chi connectivity index (χ3n) is 4.94. The first-order valence-electron chi connectivity index (χ1n) is 10.4. The molecule has 2 aromatic heterocycles. The number of pyridine rings is 1. The highest BCUT2D eigenvalue weighted by Crippen LogP contribution is 2.33. The summed E-state index contributed by atoms with van der Waals surface area (Å²) in [5.74, 6) is 2.08. The Labute approximate surface area is 203 Å². The monoisotopic (exact) mass is 480 g/mol. The number of rotatable bonds is 9. The van der Waals surface area contributed by atoms with Crippen molar-refractivity contribution in [2.24, 2.45) is 0 Å². The highest BCUT2D eigenvalue weighted by atomic mass is 32.1. The number of methoxy groups -OCH3 is 1. The number of nitrogens with two attached hydrogens (primary N) is 1. The first-order chi connectivity index (χ1) is 16.1. The molecule has 0 fully saturated rings. The molecule has 178 valence electrons. The number of ether oxygens (including phenoxy) is 4. The number of carbonyl (C=O) groups is 1. The van der Waals surface area contributed by atoms with Crippen LogP contribution in [-0.2, 0) is 18.0 Å². The molecule has 0 unspecified atom stereocenters. The Morgan fingerprint density at radius 1 is 1.03 bits per heavy atom. The number of anilines is 1. The molecule has 0 saturated heterocycles. The molecule has 2 heterocycles. The van der Waals surface area contributed by atoms with E-state index in [1.54, 1.807) is 14.0 Å². The Morgan fingerprint density at radius 3 is 2.47 bits per heavy atom. The van der Waals surface area contributed by atoms with Gasteiger partial charge < -0.3 is 24.7 Å². The fraction of sp³-hybridized carbons (Fsp3) is 0.231. The summed E-state index contributed by atoms with van der Waals surface area (Å²) >= 11 is 1.42. The van der Waals surface area contributed by atoms with Gasteiger partial charge in [-0.2, -0.15) is 0 Å². The van der Waals surface area contributed by atoms with E-state index in [0.717, 1.165) is 27.0 Å². The van der Waals surface area contributed by atoms with Crippen molar-refractivity contribution in [3.63, 3.8) is 0 Å². The molecule has 0 spiro atoms. The molecule has 34 heavy (non-hydrogen) atoms. The Hall–Kier alpha value is -3.78. The zero-order valence-corrected chi connectivity index (χ0v) is 19.2. The van der Waals surface area contributed by atoms with Gasteiger partial charge in [0.05, 0.1) is 24.0 Å². The maximum absolute atomic E-state index is 12.2. The molecule has 2 aromatic carbocycles. The molecule has 0 radical (unpaired) electrons. The van der Waals surface area contributed by atoms with Crippen LogP contribution in [0.1, 0.15) is 35.8 Å². The van der Waals surface area contributed by atoms with Gasteiger partial charge in [0.1, 0.15) is 36.3 Å². The quantitative estimate of drug-likeness (QED) is 0.300. The molecule has 0 aliphatic heterocycles. The lowest BCUT2D eigenvalue weighted by Gasteiger charge is -2.11. The van der Waals surface area contributed by atoms with Crippen molar-refractivity contribution < 1.29 is 23.7 Å². The highest BCUT2D eigenvalue weighted by Gasteiger charge is 2.18. The molecule has 0 atom stereocenters. The fourth-order valence-electron chi connectivity index (χ4n) is 3.33. The highest BCUT2D eigenvalue weighted by molar-refractivity contribution is 7.17. The van der Waals surface area contributed by atoms with Crippen molar-refractivity contribution in [1.29, 1.82) is 0 Å². The topological polar surface area (TPSA) is 92.9 Å². The van der Waals surface area contributed by atoms with Gasteiger partial charge in [0.2, 0.25) is 0 Å². The normalized spacial score (nSPS) is 10.4. The zero-order valence-electron chi connectivity index (χ0n) is 18.4. The van der Waals surface area contributed by atoms with Crippen molar-refractivity contribution in [3.05, 3.63) is 76.8 Å². The number of aromatic nitrogens is 1. The van der Waals surface area contributed by atoms with Gasteiger partial charge in [-0.25, -0.2) is 9.78 Å². The molecule has 0 bridgehead atoms. The number of fused-ring (bicyclic) bond motifs is 1. The van der Waals surface area contributed by atoms with Gasteiger partial charge in [0.15, 0.2) is 0 Å². The van der Waals surface area contributed by atoms with Crippen molar-refractivity contribution in [2.45, 2.75) is 27.6 Å². The van der Waals surface area contributed by atoms with Gasteiger partial charge >= 0.3 is 5.97 Å². The molecular formula is C26H28N2O5S. The predicted molar refractivity (Wildman–Crippen MR) is 135 cm³/mol. The Balaban J connectivity index is 0.00000324. The third kappa shape index (κ3) is 5.58. The molecule has 0 aliphatic carbocycles. The second-order valence-corrected chi connectivity index (χ2v) is 8.03. The number of nitrogen functional groups attached to an aromatic ring is 1. The van der Waals surface area contributed by atoms with Crippen LogP contribution in [0.25, 0.3) is 10.1 Å². The van der Waals surface area contributed by atoms with Crippen LogP contribution in [0.2, 0.25) is 0 Å². The summed E-state index contributed by atoms with van der Waals surface area (Å²) in [4.78, 5) is 16.4. The molecule has 0 saturated carbocycles. The maximum Gasteiger partial charge on any atom is 0.341 e. The lowest BCUT2D eigenvalue weighted by atomic mass is 10.1. The van der Waals surface area contributed by atoms with E-state index in [0.29, 0.717) is 36.1 Å². The lowest BCUT2D eigenvalue weighted by Crippen LogP contribution is -2.06. The van der Waals surface area contributed by atoms with Gasteiger partial charge in [0, 0.05) is 23.2 Å². The van der Waals surface area contributed by atoms with Crippen molar-refractivity contribution in [2.75, 3.05) is 19.5 Å². The van der Waals surface area contributed by atoms with Gasteiger partial charge in [-0.05, 0) is 42.1 Å². The number of benzene rings is 2. The van der Waals surface area contributed by atoms with Gasteiger partial charge in [-0.3, -0.25) is 0 Å². The van der Waals surface area contributed by atoms with Gasteiger partial charge in [0.25, 0.3) is 0 Å². The van der Waals surface area contributed by atoms with Gasteiger partial charge in [-0.15, -0.1) is 11.3 Å². The van der Waals surface area contributed by atoms with Crippen LogP contribution >= 0.6 is 11.3 Å². The average Bonchev–Trinajstić information content (AvgIpc) is 3.27. The number of esters is 1. The van der Waals surface area contributed by atoms with Crippen molar-refractivity contribution in [1.82, 2.24) is 4.98 Å². The van der Waals surface area contributed by atoms with Crippen molar-refractivity contribution >= 4 is 33.2 Å². The zero-order chi connectivity index (χ0) is 23.2. The molecule has 8 heteroatoms. The van der Waals surface area contributed by atoms with Crippen LogP contribution in [-0.4, -0.2) is 24.7 Å². The van der Waals surface area contributed by atoms with E-state index < -0.39 is 5.97 Å². The minimum Gasteiger partial charge on any atom is -0.497 e. The SMILES string of the molecule is C.CCOC(=O)c1cnc(N)c2c(COc3cccc(OCc4cccc(OC)c4)c3)csc12. The summed E-state index contributed by atoms with van der Waals surface area (Å²) in [6.07, 6.45) is 1.46. The van der Waals surface area contributed by atoms with Crippen LogP contribution in [0.5, 0.6) is 17.2 Å². The molecule has 4 aromatic rings. The molecule has 0 aliphatic rings. The van der Waals surface area contributed by atoms with Crippen LogP contribution < -0.4 is 19.9 Å². The number of thiophene rings is 1. The van der Waals surface area contributed by atoms with E-state index >= 15 is 0 Å². The Bertz CT molecular complexity index is 1270. The largest absolute Gasteiger partial charge is 0.497 e. The van der Waals surface area contributed by atoms with E-state index in [1.807, 2.05) is 53.9 Å². The number of hydrogen-bond acceptors (Lipinski definition) is 8. The third-order valence-corrected chi connectivity index (χ3v) is 6.00. The molecule has 0 amide bonds. The van der Waals surface area contributed by atoms with E-state index in [-0.39, 0.29) is 14.0 Å². The molecule has 4 rings (SSSR count). The number of nitrogens with zero attached hydrogens (tertiary/aromatic N) is 1. The Kier molecular flexibility index (Phi) is 8.32. The van der Waals surface area contributed by atoms with Crippen LogP contribution in [0, 0.1) is 0 Å². The maximum atomic E-state index is 12.2. The number of hydrogen-bond donors (Lipinski definition) is 1. The summed E-state index contributed by atoms with van der Waals surface area (Å²) in [5, 5.41) is 2.64. The predicted octanol–water partition coefficient (Wildman–Crippen LogP) is 5.86. The Morgan fingerprint density at radius 2 is 1.74 bits per heavy atom. The van der Waals surface area contributed by atoms with Crippen molar-refractivity contribution in [3.8, 4) is 17.2 Å². The lowest BCUT2D eigenvalue weighted by molar-refractivity contribution is 0.0528. The summed E-state index contributed by atoms with van der Waals surface area (Å²) in [5.41, 5.74) is 8.38. The van der Waals surface area contributed by atoms with E-state index in [2.05, 4.69) is 4.98 Å². The molecule has 2 N–H and O–H groups in total. The van der Waals surface area contributed by atoms with E-state index in [9.17, 15) is 4.79 Å².